The fourth-order valence-corrected chi connectivity index (χ4v) is 4.52. The van der Waals surface area contributed by atoms with Crippen LogP contribution >= 0.6 is 0 Å². The predicted octanol–water partition coefficient (Wildman–Crippen LogP) is 5.52. The zero-order valence-electron chi connectivity index (χ0n) is 15.9. The van der Waals surface area contributed by atoms with E-state index in [1.54, 1.807) is 0 Å². The lowest BCUT2D eigenvalue weighted by Crippen LogP contribution is -2.31. The van der Waals surface area contributed by atoms with Gasteiger partial charge in [0.1, 0.15) is 0 Å². The van der Waals surface area contributed by atoms with E-state index in [1.165, 1.54) is 50.9 Å². The Morgan fingerprint density at radius 3 is 2.50 bits per heavy atom. The van der Waals surface area contributed by atoms with Crippen molar-refractivity contribution in [3.05, 3.63) is 79.4 Å². The number of nitrogens with zero attached hydrogens (tertiary/aromatic N) is 3. The van der Waals surface area contributed by atoms with Crippen molar-refractivity contribution in [3.63, 3.8) is 0 Å². The minimum Gasteiger partial charge on any atom is -0.326 e. The van der Waals surface area contributed by atoms with Crippen molar-refractivity contribution < 1.29 is 4.57 Å². The van der Waals surface area contributed by atoms with Gasteiger partial charge in [0.25, 0.3) is 0 Å². The molecule has 0 saturated carbocycles. The highest BCUT2D eigenvalue weighted by Crippen LogP contribution is 2.39. The van der Waals surface area contributed by atoms with Crippen LogP contribution < -0.4 is 4.57 Å². The fourth-order valence-electron chi connectivity index (χ4n) is 4.52. The maximum atomic E-state index is 3.46. The van der Waals surface area contributed by atoms with Crippen LogP contribution in [-0.4, -0.2) is 8.97 Å². The Kier molecular flexibility index (Phi) is 3.27. The second kappa shape index (κ2) is 5.83. The van der Waals surface area contributed by atoms with Crippen LogP contribution in [-0.2, 0) is 6.54 Å². The van der Waals surface area contributed by atoms with Gasteiger partial charge >= 0.3 is 0 Å². The van der Waals surface area contributed by atoms with Crippen molar-refractivity contribution in [2.75, 3.05) is 0 Å². The molecule has 0 radical (unpaired) electrons. The zero-order chi connectivity index (χ0) is 18.7. The molecule has 6 rings (SSSR count). The van der Waals surface area contributed by atoms with E-state index in [4.69, 9.17) is 0 Å². The molecule has 0 unspecified atom stereocenters. The number of rotatable bonds is 4. The third-order valence-electron chi connectivity index (χ3n) is 5.87. The lowest BCUT2D eigenvalue weighted by molar-refractivity contribution is -0.700. The molecule has 3 heterocycles. The first-order valence-corrected chi connectivity index (χ1v) is 10.0. The van der Waals surface area contributed by atoms with Crippen LogP contribution in [0.15, 0.2) is 73.1 Å². The first-order valence-electron chi connectivity index (χ1n) is 10.0. The van der Waals surface area contributed by atoms with Gasteiger partial charge in [-0.1, -0.05) is 61.9 Å². The Morgan fingerprint density at radius 1 is 0.857 bits per heavy atom. The van der Waals surface area contributed by atoms with Gasteiger partial charge in [0.15, 0.2) is 0 Å². The summed E-state index contributed by atoms with van der Waals surface area (Å²) in [7, 11) is 0. The van der Waals surface area contributed by atoms with Gasteiger partial charge in [-0.25, -0.2) is 0 Å². The number of benzene rings is 3. The smallest absolute Gasteiger partial charge is 0.243 e. The van der Waals surface area contributed by atoms with Crippen molar-refractivity contribution in [1.82, 2.24) is 8.97 Å². The van der Waals surface area contributed by atoms with Crippen LogP contribution in [0.5, 0.6) is 0 Å². The van der Waals surface area contributed by atoms with Gasteiger partial charge in [0.2, 0.25) is 6.33 Å². The molecule has 0 saturated heterocycles. The lowest BCUT2D eigenvalue weighted by atomic mass is 10.1. The van der Waals surface area contributed by atoms with E-state index in [0.29, 0.717) is 0 Å². The molecule has 0 atom stereocenters. The number of hydrogen-bond acceptors (Lipinski definition) is 0. The highest BCUT2D eigenvalue weighted by molar-refractivity contribution is 6.23. The minimum atomic E-state index is 1.02. The number of unbranched alkanes of at least 4 members (excludes halogenated alkanes) is 1. The van der Waals surface area contributed by atoms with Gasteiger partial charge in [0.05, 0.1) is 23.3 Å². The molecule has 3 aromatic carbocycles. The van der Waals surface area contributed by atoms with Crippen LogP contribution in [0.1, 0.15) is 19.8 Å². The molecule has 0 fully saturated rings. The summed E-state index contributed by atoms with van der Waals surface area (Å²) in [6.45, 7) is 3.24. The number of para-hydroxylation sites is 2. The van der Waals surface area contributed by atoms with Crippen molar-refractivity contribution in [3.8, 4) is 5.69 Å². The summed E-state index contributed by atoms with van der Waals surface area (Å²) >= 11 is 0. The maximum Gasteiger partial charge on any atom is 0.243 e. The largest absolute Gasteiger partial charge is 0.326 e. The van der Waals surface area contributed by atoms with Crippen LogP contribution in [0.2, 0.25) is 0 Å². The number of hydrogen-bond donors (Lipinski definition) is 0. The Labute approximate surface area is 163 Å². The van der Waals surface area contributed by atoms with Gasteiger partial charge in [0, 0.05) is 39.5 Å². The monoisotopic (exact) mass is 363 g/mol. The van der Waals surface area contributed by atoms with E-state index < -0.39 is 0 Å². The standard InChI is InChI=1S/C25H21N3/c1-2-3-13-26-14-15-27(17-26)18-11-12-20-22-9-6-8-21-19-7-4-5-10-23(19)28(25(21)22)24(20)16-18/h4-12,14-16H,2-3,13H2,1H3. The minimum absolute atomic E-state index is 1.02. The molecule has 0 bridgehead atoms. The maximum absolute atomic E-state index is 3.46. The number of fused-ring (bicyclic) bond motifs is 6. The Bertz CT molecular complexity index is 1450. The van der Waals surface area contributed by atoms with E-state index >= 15 is 0 Å². The first-order chi connectivity index (χ1) is 13.8. The SMILES string of the molecule is CCCC[n+]1[c-]n(-c2ccc3c4cccc5c6ccccc6n(c3c2)c54)cc1. The Balaban J connectivity index is 1.63. The summed E-state index contributed by atoms with van der Waals surface area (Å²) in [5.41, 5.74) is 5.00. The third kappa shape index (κ3) is 2.07. The Hall–Kier alpha value is -3.33. The normalized spacial score (nSPS) is 12.2. The second-order valence-corrected chi connectivity index (χ2v) is 7.57. The predicted molar refractivity (Wildman–Crippen MR) is 114 cm³/mol. The van der Waals surface area contributed by atoms with Crippen molar-refractivity contribution in [2.45, 2.75) is 26.3 Å². The van der Waals surface area contributed by atoms with Gasteiger partial charge in [-0.15, -0.1) is 0 Å². The van der Waals surface area contributed by atoms with E-state index in [0.717, 1.165) is 12.2 Å². The summed E-state index contributed by atoms with van der Waals surface area (Å²) in [5, 5.41) is 5.28. The molecule has 3 nitrogen and oxygen atoms in total. The van der Waals surface area contributed by atoms with Gasteiger partial charge in [-0.05, 0) is 18.6 Å². The van der Waals surface area contributed by atoms with Crippen LogP contribution in [0.25, 0.3) is 43.8 Å². The summed E-state index contributed by atoms with van der Waals surface area (Å²) in [6.07, 6.45) is 10.0. The number of imidazole rings is 1. The Morgan fingerprint density at radius 2 is 1.64 bits per heavy atom. The molecular formula is C25H21N3. The molecule has 0 amide bonds. The third-order valence-corrected chi connectivity index (χ3v) is 5.87. The van der Waals surface area contributed by atoms with Crippen LogP contribution in [0, 0.1) is 6.33 Å². The lowest BCUT2D eigenvalue weighted by Gasteiger charge is -2.04. The molecule has 0 aliphatic heterocycles. The van der Waals surface area contributed by atoms with Gasteiger partial charge in [-0.3, -0.25) is 0 Å². The van der Waals surface area contributed by atoms with Gasteiger partial charge in [-0.2, -0.15) is 0 Å². The second-order valence-electron chi connectivity index (χ2n) is 7.57. The fraction of sp³-hybridized carbons (Fsp3) is 0.160. The first kappa shape index (κ1) is 15.7. The molecule has 0 aliphatic rings. The topological polar surface area (TPSA) is 13.2 Å². The van der Waals surface area contributed by atoms with Crippen molar-refractivity contribution >= 4 is 38.1 Å². The van der Waals surface area contributed by atoms with E-state index in [1.807, 2.05) is 0 Å². The average molecular weight is 363 g/mol. The molecule has 28 heavy (non-hydrogen) atoms. The molecule has 0 aliphatic carbocycles. The quantitative estimate of drug-likeness (QED) is 0.289. The molecule has 0 spiro atoms. The molecule has 0 N–H and O–H groups in total. The van der Waals surface area contributed by atoms with E-state index in [-0.39, 0.29) is 0 Å². The van der Waals surface area contributed by atoms with Crippen LogP contribution in [0.3, 0.4) is 0 Å². The molecular weight excluding hydrogens is 342 g/mol. The van der Waals surface area contributed by atoms with Crippen LogP contribution in [0.4, 0.5) is 0 Å². The summed E-state index contributed by atoms with van der Waals surface area (Å²) in [5.74, 6) is 0. The van der Waals surface area contributed by atoms with E-state index in [9.17, 15) is 0 Å². The van der Waals surface area contributed by atoms with Crippen molar-refractivity contribution in [2.24, 2.45) is 0 Å². The summed E-state index contributed by atoms with van der Waals surface area (Å²) in [6, 6.07) is 22.1. The molecule has 6 aromatic rings. The van der Waals surface area contributed by atoms with Gasteiger partial charge < -0.3 is 13.5 Å². The highest BCUT2D eigenvalue weighted by Gasteiger charge is 2.16. The summed E-state index contributed by atoms with van der Waals surface area (Å²) in [4.78, 5) is 0. The summed E-state index contributed by atoms with van der Waals surface area (Å²) < 4.78 is 6.67. The van der Waals surface area contributed by atoms with Crippen molar-refractivity contribution in [1.29, 1.82) is 0 Å². The average Bonchev–Trinajstić information content (AvgIpc) is 3.43. The highest BCUT2D eigenvalue weighted by atomic mass is 15.1. The number of aromatic nitrogens is 3. The zero-order valence-corrected chi connectivity index (χ0v) is 15.9. The van der Waals surface area contributed by atoms with E-state index in [2.05, 4.69) is 99.8 Å². The number of aryl methyl sites for hydroxylation is 1. The molecule has 3 aromatic heterocycles. The molecule has 136 valence electrons. The molecule has 3 heteroatoms.